The van der Waals surface area contributed by atoms with Crippen LogP contribution in [0.15, 0.2) is 12.3 Å². The first-order valence-corrected chi connectivity index (χ1v) is 9.50. The lowest BCUT2D eigenvalue weighted by molar-refractivity contribution is 0.129. The molecule has 0 radical (unpaired) electrons. The highest BCUT2D eigenvalue weighted by Gasteiger charge is 2.37. The van der Waals surface area contributed by atoms with Crippen LogP contribution in [0.2, 0.25) is 0 Å². The Morgan fingerprint density at radius 2 is 1.88 bits per heavy atom. The quantitative estimate of drug-likeness (QED) is 0.795. The molecule has 4 rings (SSSR count). The van der Waals surface area contributed by atoms with E-state index in [0.717, 1.165) is 30.6 Å². The highest BCUT2D eigenvalue weighted by atomic mass is 16.2. The van der Waals surface area contributed by atoms with Gasteiger partial charge in [0.25, 0.3) is 0 Å². The number of aromatic nitrogens is 1. The molecule has 2 fully saturated rings. The zero-order valence-electron chi connectivity index (χ0n) is 14.3. The van der Waals surface area contributed by atoms with Gasteiger partial charge >= 0.3 is 6.03 Å². The zero-order chi connectivity index (χ0) is 16.5. The monoisotopic (exact) mass is 328 g/mol. The maximum atomic E-state index is 12.5. The molecule has 1 heterocycles. The van der Waals surface area contributed by atoms with Gasteiger partial charge in [0.05, 0.1) is 11.9 Å². The first kappa shape index (κ1) is 15.9. The molecule has 3 aliphatic rings. The lowest BCUT2D eigenvalue weighted by atomic mass is 9.68. The van der Waals surface area contributed by atoms with Crippen molar-refractivity contribution < 1.29 is 4.79 Å². The number of amides is 2. The third-order valence-electron chi connectivity index (χ3n) is 6.16. The Morgan fingerprint density at radius 1 is 1.17 bits per heavy atom. The Kier molecular flexibility index (Phi) is 4.44. The summed E-state index contributed by atoms with van der Waals surface area (Å²) in [6, 6.07) is 2.53. The highest BCUT2D eigenvalue weighted by molar-refractivity contribution is 5.89. The van der Waals surface area contributed by atoms with Gasteiger partial charge in [-0.25, -0.2) is 4.79 Å². The van der Waals surface area contributed by atoms with Gasteiger partial charge in [-0.2, -0.15) is 0 Å². The first-order valence-electron chi connectivity index (χ1n) is 9.50. The number of hydrogen-bond acceptors (Lipinski definition) is 3. The average molecular weight is 328 g/mol. The van der Waals surface area contributed by atoms with Crippen LogP contribution in [-0.2, 0) is 12.8 Å². The summed E-state index contributed by atoms with van der Waals surface area (Å²) in [5.41, 5.74) is 9.14. The molecule has 3 aliphatic carbocycles. The second-order valence-electron chi connectivity index (χ2n) is 7.84. The number of nitrogens with zero attached hydrogens (tertiary/aromatic N) is 1. The molecule has 24 heavy (non-hydrogen) atoms. The third kappa shape index (κ3) is 3.27. The summed E-state index contributed by atoms with van der Waals surface area (Å²) in [6.45, 7) is 0. The molecule has 4 N–H and O–H groups in total. The molecule has 5 nitrogen and oxygen atoms in total. The van der Waals surface area contributed by atoms with E-state index in [1.165, 1.54) is 44.1 Å². The van der Waals surface area contributed by atoms with Gasteiger partial charge in [-0.1, -0.05) is 12.8 Å². The van der Waals surface area contributed by atoms with E-state index in [9.17, 15) is 4.79 Å². The number of fused-ring (bicyclic) bond motifs is 1. The number of rotatable bonds is 4. The second-order valence-corrected chi connectivity index (χ2v) is 7.84. The van der Waals surface area contributed by atoms with Crippen molar-refractivity contribution in [1.82, 2.24) is 10.3 Å². The number of nitrogens with one attached hydrogen (secondary N) is 2. The van der Waals surface area contributed by atoms with Crippen LogP contribution in [0.25, 0.3) is 0 Å². The molecular weight excluding hydrogens is 300 g/mol. The van der Waals surface area contributed by atoms with Crippen molar-refractivity contribution in [3.63, 3.8) is 0 Å². The molecular formula is C19H28N4O. The lowest BCUT2D eigenvalue weighted by Gasteiger charge is -2.42. The fourth-order valence-electron chi connectivity index (χ4n) is 4.25. The number of aryl methyl sites for hydroxylation is 1. The van der Waals surface area contributed by atoms with Crippen LogP contribution in [0.1, 0.15) is 56.2 Å². The largest absolute Gasteiger partial charge is 0.335 e. The molecule has 2 amide bonds. The minimum atomic E-state index is -0.0827. The van der Waals surface area contributed by atoms with Gasteiger partial charge in [0.15, 0.2) is 0 Å². The predicted molar refractivity (Wildman–Crippen MR) is 94.9 cm³/mol. The van der Waals surface area contributed by atoms with Crippen LogP contribution in [0.4, 0.5) is 10.5 Å². The Hall–Kier alpha value is -1.62. The van der Waals surface area contributed by atoms with Crippen molar-refractivity contribution in [2.45, 2.75) is 69.9 Å². The second kappa shape index (κ2) is 6.71. The molecule has 130 valence electrons. The summed E-state index contributed by atoms with van der Waals surface area (Å²) in [5.74, 6) is 1.36. The summed E-state index contributed by atoms with van der Waals surface area (Å²) in [4.78, 5) is 17.0. The van der Waals surface area contributed by atoms with Gasteiger partial charge in [-0.05, 0) is 68.4 Å². The number of anilines is 1. The Morgan fingerprint density at radius 3 is 2.50 bits per heavy atom. The molecule has 1 aromatic heterocycles. The zero-order valence-corrected chi connectivity index (χ0v) is 14.3. The number of hydrogen-bond donors (Lipinski definition) is 3. The molecule has 0 saturated heterocycles. The van der Waals surface area contributed by atoms with E-state index >= 15 is 0 Å². The standard InChI is InChI=1S/C19H28N4O/c20-15-7-8-17-14(9-15)10-16(11-21-17)22-19(24)23-18(12-3-1-4-12)13-5-2-6-13/h10-13,15,18H,1-9,20H2,(H2,22,23,24). The normalized spacial score (nSPS) is 24.0. The molecule has 0 aliphatic heterocycles. The van der Waals surface area contributed by atoms with E-state index in [4.69, 9.17) is 5.73 Å². The molecule has 1 atom stereocenters. The van der Waals surface area contributed by atoms with Gasteiger partial charge < -0.3 is 16.4 Å². The van der Waals surface area contributed by atoms with Crippen LogP contribution in [0, 0.1) is 11.8 Å². The van der Waals surface area contributed by atoms with Gasteiger partial charge in [0.2, 0.25) is 0 Å². The Labute approximate surface area is 143 Å². The van der Waals surface area contributed by atoms with Gasteiger partial charge in [-0.3, -0.25) is 4.98 Å². The summed E-state index contributed by atoms with van der Waals surface area (Å²) in [7, 11) is 0. The molecule has 0 aromatic carbocycles. The minimum absolute atomic E-state index is 0.0827. The van der Waals surface area contributed by atoms with Crippen molar-refractivity contribution in [2.75, 3.05) is 5.32 Å². The first-order chi connectivity index (χ1) is 11.7. The van der Waals surface area contributed by atoms with Crippen LogP contribution >= 0.6 is 0 Å². The Balaban J connectivity index is 1.39. The van der Waals surface area contributed by atoms with Crippen LogP contribution in [0.5, 0.6) is 0 Å². The SMILES string of the molecule is NC1CCc2ncc(NC(=O)NC(C3CCC3)C3CCC3)cc2C1. The fraction of sp³-hybridized carbons (Fsp3) is 0.684. The van der Waals surface area contributed by atoms with E-state index in [2.05, 4.69) is 15.6 Å². The number of pyridine rings is 1. The minimum Gasteiger partial charge on any atom is -0.335 e. The number of nitrogens with two attached hydrogens (primary N) is 1. The number of carbonyl (C=O) groups excluding carboxylic acids is 1. The van der Waals surface area contributed by atoms with Gasteiger partial charge in [-0.15, -0.1) is 0 Å². The highest BCUT2D eigenvalue weighted by Crippen LogP contribution is 2.40. The van der Waals surface area contributed by atoms with E-state index < -0.39 is 0 Å². The van der Waals surface area contributed by atoms with Crippen LogP contribution < -0.4 is 16.4 Å². The van der Waals surface area contributed by atoms with Gasteiger partial charge in [0.1, 0.15) is 0 Å². The average Bonchev–Trinajstić information content (AvgIpc) is 2.43. The lowest BCUT2D eigenvalue weighted by Crippen LogP contribution is -2.50. The van der Waals surface area contributed by atoms with Crippen molar-refractivity contribution in [3.05, 3.63) is 23.5 Å². The summed E-state index contributed by atoms with van der Waals surface area (Å²) in [5, 5.41) is 6.25. The van der Waals surface area contributed by atoms with Crippen molar-refractivity contribution in [3.8, 4) is 0 Å². The topological polar surface area (TPSA) is 80.0 Å². The van der Waals surface area contributed by atoms with Crippen molar-refractivity contribution >= 4 is 11.7 Å². The third-order valence-corrected chi connectivity index (χ3v) is 6.16. The summed E-state index contributed by atoms with van der Waals surface area (Å²) in [6.07, 6.45) is 12.2. The molecule has 2 saturated carbocycles. The molecule has 1 aromatic rings. The predicted octanol–water partition coefficient (Wildman–Crippen LogP) is 2.99. The fourth-order valence-corrected chi connectivity index (χ4v) is 4.25. The maximum Gasteiger partial charge on any atom is 0.319 e. The van der Waals surface area contributed by atoms with Crippen LogP contribution in [-0.4, -0.2) is 23.1 Å². The smallest absolute Gasteiger partial charge is 0.319 e. The molecule has 5 heteroatoms. The molecule has 0 bridgehead atoms. The maximum absolute atomic E-state index is 12.5. The van der Waals surface area contributed by atoms with E-state index in [0.29, 0.717) is 17.9 Å². The number of carbonyl (C=O) groups is 1. The number of urea groups is 1. The van der Waals surface area contributed by atoms with Crippen molar-refractivity contribution in [1.29, 1.82) is 0 Å². The van der Waals surface area contributed by atoms with E-state index in [-0.39, 0.29) is 12.1 Å². The molecule has 0 spiro atoms. The Bertz CT molecular complexity index is 595. The van der Waals surface area contributed by atoms with E-state index in [1.807, 2.05) is 6.07 Å². The van der Waals surface area contributed by atoms with Gasteiger partial charge in [0, 0.05) is 17.8 Å². The summed E-state index contributed by atoms with van der Waals surface area (Å²) < 4.78 is 0. The molecule has 1 unspecified atom stereocenters. The summed E-state index contributed by atoms with van der Waals surface area (Å²) >= 11 is 0. The van der Waals surface area contributed by atoms with E-state index in [1.54, 1.807) is 6.20 Å². The van der Waals surface area contributed by atoms with Crippen LogP contribution in [0.3, 0.4) is 0 Å². The van der Waals surface area contributed by atoms with Crippen molar-refractivity contribution in [2.24, 2.45) is 17.6 Å².